The standard InChI is InChI=1S/C12H21N3O2.C4H4O4/c16-12(14-1-3-17-4-2-14)15-8-10-5-11(9-15)7-13-6-10;5-3(6)1-2-4(7)8/h10-11,13H,1-9H2;1-2H,(H,5,6)(H,7,8)/b;2-1+/t10-,11+;. The van der Waals surface area contributed by atoms with Crippen LogP contribution in [0.5, 0.6) is 0 Å². The lowest BCUT2D eigenvalue weighted by molar-refractivity contribution is -0.134. The molecule has 3 fully saturated rings. The van der Waals surface area contributed by atoms with Crippen molar-refractivity contribution in [2.75, 3.05) is 52.5 Å². The smallest absolute Gasteiger partial charge is 0.328 e. The molecule has 3 aliphatic heterocycles. The summed E-state index contributed by atoms with van der Waals surface area (Å²) in [5.74, 6) is -1.19. The van der Waals surface area contributed by atoms with Gasteiger partial charge < -0.3 is 30.1 Å². The molecule has 0 unspecified atom stereocenters. The number of carboxylic acids is 2. The van der Waals surface area contributed by atoms with E-state index in [2.05, 4.69) is 10.2 Å². The van der Waals surface area contributed by atoms with E-state index in [0.717, 1.165) is 39.3 Å². The van der Waals surface area contributed by atoms with Crippen LogP contribution in [0.3, 0.4) is 0 Å². The molecule has 0 radical (unpaired) electrons. The van der Waals surface area contributed by atoms with E-state index in [1.807, 2.05) is 4.90 Å². The summed E-state index contributed by atoms with van der Waals surface area (Å²) in [7, 11) is 0. The first-order chi connectivity index (χ1) is 12.0. The number of hydrogen-bond donors (Lipinski definition) is 3. The van der Waals surface area contributed by atoms with Crippen molar-refractivity contribution in [3.63, 3.8) is 0 Å². The fourth-order valence-electron chi connectivity index (χ4n) is 3.36. The van der Waals surface area contributed by atoms with Gasteiger partial charge in [0.2, 0.25) is 0 Å². The number of carboxylic acid groups (broad SMARTS) is 2. The van der Waals surface area contributed by atoms with E-state index in [9.17, 15) is 14.4 Å². The maximum absolute atomic E-state index is 12.4. The number of nitrogens with zero attached hydrogens (tertiary/aromatic N) is 2. The monoisotopic (exact) mass is 355 g/mol. The zero-order chi connectivity index (χ0) is 18.2. The van der Waals surface area contributed by atoms with E-state index >= 15 is 0 Å². The number of rotatable bonds is 2. The summed E-state index contributed by atoms with van der Waals surface area (Å²) in [5, 5.41) is 19.1. The SMILES string of the molecule is O=C(N1CCOCC1)N1C[C@@H]2CNC[C@@H](C2)C1.O=C(O)/C=C/C(=O)O. The molecule has 25 heavy (non-hydrogen) atoms. The number of carbonyl (C=O) groups excluding carboxylic acids is 1. The molecule has 3 heterocycles. The molecule has 2 bridgehead atoms. The van der Waals surface area contributed by atoms with Gasteiger partial charge in [-0.05, 0) is 31.3 Å². The number of morpholine rings is 1. The number of amides is 2. The Labute approximate surface area is 146 Å². The summed E-state index contributed by atoms with van der Waals surface area (Å²) in [6.07, 6.45) is 2.41. The maximum atomic E-state index is 12.4. The van der Waals surface area contributed by atoms with Gasteiger partial charge in [0, 0.05) is 38.3 Å². The van der Waals surface area contributed by atoms with E-state index in [0.29, 0.717) is 37.2 Å². The lowest BCUT2D eigenvalue weighted by Gasteiger charge is -2.43. The van der Waals surface area contributed by atoms with Crippen molar-refractivity contribution in [3.8, 4) is 0 Å². The number of fused-ring (bicyclic) bond motifs is 2. The van der Waals surface area contributed by atoms with E-state index in [1.54, 1.807) is 0 Å². The second kappa shape index (κ2) is 9.38. The van der Waals surface area contributed by atoms with E-state index in [1.165, 1.54) is 6.42 Å². The van der Waals surface area contributed by atoms with Gasteiger partial charge >= 0.3 is 18.0 Å². The number of nitrogens with one attached hydrogen (secondary N) is 1. The highest BCUT2D eigenvalue weighted by molar-refractivity contribution is 5.89. The lowest BCUT2D eigenvalue weighted by atomic mass is 9.86. The Morgan fingerprint density at radius 3 is 1.92 bits per heavy atom. The predicted molar refractivity (Wildman–Crippen MR) is 88.2 cm³/mol. The number of ether oxygens (including phenoxy) is 1. The molecule has 0 aromatic carbocycles. The van der Waals surface area contributed by atoms with E-state index in [4.69, 9.17) is 14.9 Å². The Bertz CT molecular complexity index is 490. The highest BCUT2D eigenvalue weighted by Crippen LogP contribution is 2.25. The van der Waals surface area contributed by atoms with Gasteiger partial charge in [-0.2, -0.15) is 0 Å². The largest absolute Gasteiger partial charge is 0.478 e. The van der Waals surface area contributed by atoms with Gasteiger partial charge in [-0.1, -0.05) is 0 Å². The van der Waals surface area contributed by atoms with Gasteiger partial charge in [0.15, 0.2) is 0 Å². The molecule has 0 aromatic heterocycles. The minimum Gasteiger partial charge on any atom is -0.478 e. The number of piperidine rings is 2. The molecule has 3 rings (SSSR count). The first-order valence-corrected chi connectivity index (χ1v) is 8.42. The Hall–Kier alpha value is -2.13. The zero-order valence-electron chi connectivity index (χ0n) is 14.1. The Morgan fingerprint density at radius 2 is 1.44 bits per heavy atom. The minimum absolute atomic E-state index is 0.227. The van der Waals surface area contributed by atoms with Gasteiger partial charge in [-0.3, -0.25) is 0 Å². The average Bonchev–Trinajstić information content (AvgIpc) is 2.60. The van der Waals surface area contributed by atoms with Crippen LogP contribution in [0.15, 0.2) is 12.2 Å². The third kappa shape index (κ3) is 6.35. The quantitative estimate of drug-likeness (QED) is 0.581. The number of carbonyl (C=O) groups is 3. The van der Waals surface area contributed by atoms with Crippen LogP contribution in [0.4, 0.5) is 4.79 Å². The molecule has 2 atom stereocenters. The molecular formula is C16H25N3O6. The molecule has 3 aliphatic rings. The molecule has 9 heteroatoms. The molecule has 3 N–H and O–H groups in total. The van der Waals surface area contributed by atoms with Crippen molar-refractivity contribution in [2.45, 2.75) is 6.42 Å². The van der Waals surface area contributed by atoms with Crippen molar-refractivity contribution in [1.82, 2.24) is 15.1 Å². The lowest BCUT2D eigenvalue weighted by Crippen LogP contribution is -2.57. The van der Waals surface area contributed by atoms with Crippen molar-refractivity contribution in [1.29, 1.82) is 0 Å². The number of urea groups is 1. The predicted octanol–water partition coefficient (Wildman–Crippen LogP) is -0.308. The second-order valence-corrected chi connectivity index (χ2v) is 6.42. The Morgan fingerprint density at radius 1 is 0.920 bits per heavy atom. The van der Waals surface area contributed by atoms with Crippen molar-refractivity contribution in [3.05, 3.63) is 12.2 Å². The number of hydrogen-bond acceptors (Lipinski definition) is 5. The summed E-state index contributed by atoms with van der Waals surface area (Å²) in [5.41, 5.74) is 0. The van der Waals surface area contributed by atoms with Gasteiger partial charge in [-0.15, -0.1) is 0 Å². The van der Waals surface area contributed by atoms with Gasteiger partial charge in [0.1, 0.15) is 0 Å². The van der Waals surface area contributed by atoms with E-state index in [-0.39, 0.29) is 6.03 Å². The molecular weight excluding hydrogens is 330 g/mol. The summed E-state index contributed by atoms with van der Waals surface area (Å²) in [4.78, 5) is 35.5. The molecule has 140 valence electrons. The number of likely N-dealkylation sites (tertiary alicyclic amines) is 1. The molecule has 2 amide bonds. The van der Waals surface area contributed by atoms with E-state index < -0.39 is 11.9 Å². The zero-order valence-corrected chi connectivity index (χ0v) is 14.1. The highest BCUT2D eigenvalue weighted by atomic mass is 16.5. The van der Waals surface area contributed by atoms with Crippen molar-refractivity contribution >= 4 is 18.0 Å². The van der Waals surface area contributed by atoms with Gasteiger partial charge in [0.25, 0.3) is 0 Å². The minimum atomic E-state index is -1.26. The molecule has 0 saturated carbocycles. The topological polar surface area (TPSA) is 119 Å². The first-order valence-electron chi connectivity index (χ1n) is 8.42. The first kappa shape index (κ1) is 19.2. The highest BCUT2D eigenvalue weighted by Gasteiger charge is 2.34. The van der Waals surface area contributed by atoms with Crippen molar-refractivity contribution < 1.29 is 29.3 Å². The van der Waals surface area contributed by atoms with Crippen LogP contribution in [0, 0.1) is 11.8 Å². The summed E-state index contributed by atoms with van der Waals surface area (Å²) >= 11 is 0. The Balaban J connectivity index is 0.000000242. The third-order valence-corrected chi connectivity index (χ3v) is 4.41. The van der Waals surface area contributed by atoms with Gasteiger partial charge in [0.05, 0.1) is 13.2 Å². The average molecular weight is 355 g/mol. The summed E-state index contributed by atoms with van der Waals surface area (Å²) in [6.45, 7) is 6.89. The molecule has 3 saturated heterocycles. The maximum Gasteiger partial charge on any atom is 0.328 e. The summed E-state index contributed by atoms with van der Waals surface area (Å²) < 4.78 is 5.29. The fraction of sp³-hybridized carbons (Fsp3) is 0.688. The van der Waals surface area contributed by atoms with Crippen LogP contribution in [-0.4, -0.2) is 90.5 Å². The third-order valence-electron chi connectivity index (χ3n) is 4.41. The molecule has 0 aliphatic carbocycles. The van der Waals surface area contributed by atoms with Crippen LogP contribution in [-0.2, 0) is 14.3 Å². The van der Waals surface area contributed by atoms with Crippen LogP contribution < -0.4 is 5.32 Å². The van der Waals surface area contributed by atoms with Crippen LogP contribution in [0.1, 0.15) is 6.42 Å². The number of aliphatic carboxylic acids is 2. The molecule has 9 nitrogen and oxygen atoms in total. The van der Waals surface area contributed by atoms with Gasteiger partial charge in [-0.25, -0.2) is 14.4 Å². The molecule has 0 spiro atoms. The second-order valence-electron chi connectivity index (χ2n) is 6.42. The van der Waals surface area contributed by atoms with Crippen LogP contribution in [0.2, 0.25) is 0 Å². The van der Waals surface area contributed by atoms with Crippen LogP contribution in [0.25, 0.3) is 0 Å². The Kier molecular flexibility index (Phi) is 7.20. The fourth-order valence-corrected chi connectivity index (χ4v) is 3.36. The normalized spacial score (nSPS) is 25.9. The molecule has 0 aromatic rings. The summed E-state index contributed by atoms with van der Waals surface area (Å²) in [6, 6.07) is 0.227. The van der Waals surface area contributed by atoms with Crippen LogP contribution >= 0.6 is 0 Å². The van der Waals surface area contributed by atoms with Crippen molar-refractivity contribution in [2.24, 2.45) is 11.8 Å².